The number of hydrogen-bond donors (Lipinski definition) is 4. The fraction of sp³-hybridized carbons (Fsp3) is 0.282. The molecule has 0 unspecified atom stereocenters. The Balaban J connectivity index is 1.93. The van der Waals surface area contributed by atoms with Gasteiger partial charge in [0.25, 0.3) is 40.1 Å². The number of rotatable bonds is 17. The highest BCUT2D eigenvalue weighted by Gasteiger charge is 2.54. The van der Waals surface area contributed by atoms with Crippen LogP contribution in [0.25, 0.3) is 0 Å². The first-order valence-electron chi connectivity index (χ1n) is 18.8. The molecule has 4 aromatic carbocycles. The quantitative estimate of drug-likeness (QED) is 0.0865. The lowest BCUT2D eigenvalue weighted by molar-refractivity contribution is 0.0985. The lowest BCUT2D eigenvalue weighted by Crippen LogP contribution is -2.67. The number of sulfonamides is 4. The molecule has 0 spiro atoms. The van der Waals surface area contributed by atoms with Crippen LogP contribution in [0.2, 0.25) is 0 Å². The average Bonchev–Trinajstić information content (AvgIpc) is 3.16. The molecule has 20 nitrogen and oxygen atoms in total. The molecule has 0 aromatic heterocycles. The van der Waals surface area contributed by atoms with Gasteiger partial charge in [-0.1, -0.05) is 70.8 Å². The summed E-state index contributed by atoms with van der Waals surface area (Å²) in [5, 5.41) is 0. The van der Waals surface area contributed by atoms with Crippen molar-refractivity contribution < 1.29 is 52.8 Å². The number of nitrogens with two attached hydrogens (primary N) is 4. The molecule has 4 rings (SSSR count). The number of aryl methyl sites for hydroxylation is 4. The van der Waals surface area contributed by atoms with E-state index in [1.165, 1.54) is 48.5 Å². The van der Waals surface area contributed by atoms with Crippen LogP contribution >= 0.6 is 0 Å². The molecule has 0 aliphatic carbocycles. The van der Waals surface area contributed by atoms with Crippen LogP contribution in [0.1, 0.15) is 54.9 Å². The molecule has 0 aliphatic heterocycles. The highest BCUT2D eigenvalue weighted by Crippen LogP contribution is 2.37. The van der Waals surface area contributed by atoms with Crippen LogP contribution in [-0.4, -0.2) is 86.8 Å². The van der Waals surface area contributed by atoms with Crippen LogP contribution in [0.3, 0.4) is 0 Å². The van der Waals surface area contributed by atoms with Gasteiger partial charge in [-0.2, -0.15) is 17.2 Å². The molecule has 340 valence electrons. The number of unbranched alkanes of at least 4 members (excludes halogenated alkanes) is 1. The summed E-state index contributed by atoms with van der Waals surface area (Å²) in [6.45, 7) is 7.43. The maximum absolute atomic E-state index is 14.4. The van der Waals surface area contributed by atoms with Gasteiger partial charge in [0, 0.05) is 0 Å². The molecule has 8 amide bonds. The SMILES string of the molecule is Cc1ccc(S(=O)(=O)N(C(N)=O)C(CCCCC(C)(N(C(N)=O)S(=O)(=O)c2ccc(C)cc2)N(C(N)=O)S(=O)(=O)c2ccc(C)cc2)N(C(N)=O)S(=O)(=O)c2ccc(C)cc2)cc1. The van der Waals surface area contributed by atoms with Gasteiger partial charge in [-0.05, 0) is 109 Å². The Labute approximate surface area is 366 Å². The Morgan fingerprint density at radius 3 is 0.937 bits per heavy atom. The topological polar surface area (TPSA) is 322 Å². The molecule has 0 aliphatic rings. The largest absolute Gasteiger partial charge is 0.351 e. The molecule has 63 heavy (non-hydrogen) atoms. The molecule has 8 N–H and O–H groups in total. The summed E-state index contributed by atoms with van der Waals surface area (Å²) < 4.78 is 114. The Bertz CT molecular complexity index is 2640. The number of carbonyl (C=O) groups excluding carboxylic acids is 4. The maximum Gasteiger partial charge on any atom is 0.330 e. The van der Waals surface area contributed by atoms with E-state index < -0.39 is 121 Å². The summed E-state index contributed by atoms with van der Waals surface area (Å²) in [5.74, 6) is 0. The van der Waals surface area contributed by atoms with Crippen molar-refractivity contribution in [3.63, 3.8) is 0 Å². The number of hydrogen-bond acceptors (Lipinski definition) is 12. The van der Waals surface area contributed by atoms with Crippen molar-refractivity contribution >= 4 is 64.2 Å². The van der Waals surface area contributed by atoms with Crippen molar-refractivity contribution in [1.82, 2.24) is 17.2 Å². The number of nitrogens with zero attached hydrogens (tertiary/aromatic N) is 4. The van der Waals surface area contributed by atoms with E-state index in [4.69, 9.17) is 22.9 Å². The van der Waals surface area contributed by atoms with E-state index in [1.54, 1.807) is 27.7 Å². The Hall–Kier alpha value is -6.24. The minimum Gasteiger partial charge on any atom is -0.351 e. The molecule has 0 fully saturated rings. The van der Waals surface area contributed by atoms with Crippen LogP contribution in [0, 0.1) is 27.7 Å². The first-order chi connectivity index (χ1) is 29.1. The molecule has 0 radical (unpaired) electrons. The molecule has 0 saturated carbocycles. The first kappa shape index (κ1) is 49.4. The third-order valence-electron chi connectivity index (χ3n) is 9.89. The van der Waals surface area contributed by atoms with Gasteiger partial charge in [0.2, 0.25) is 0 Å². The third-order valence-corrected chi connectivity index (χ3v) is 17.3. The van der Waals surface area contributed by atoms with Gasteiger partial charge in [0.05, 0.1) is 19.6 Å². The van der Waals surface area contributed by atoms with Crippen LogP contribution < -0.4 is 22.9 Å². The monoisotopic (exact) mass is 948 g/mol. The number of benzene rings is 4. The van der Waals surface area contributed by atoms with Crippen molar-refractivity contribution in [2.45, 2.75) is 91.7 Å². The average molecular weight is 949 g/mol. The fourth-order valence-corrected chi connectivity index (χ4v) is 13.0. The van der Waals surface area contributed by atoms with Gasteiger partial charge in [-0.25, -0.2) is 52.8 Å². The van der Waals surface area contributed by atoms with Crippen molar-refractivity contribution in [2.75, 3.05) is 0 Å². The van der Waals surface area contributed by atoms with E-state index in [0.29, 0.717) is 22.3 Å². The zero-order chi connectivity index (χ0) is 47.5. The van der Waals surface area contributed by atoms with Gasteiger partial charge in [-0.15, -0.1) is 0 Å². The number of urea groups is 4. The summed E-state index contributed by atoms with van der Waals surface area (Å²) in [6, 6.07) is 12.8. The van der Waals surface area contributed by atoms with E-state index in [-0.39, 0.29) is 17.2 Å². The molecular formula is C39H48N8O12S4. The Kier molecular flexibility index (Phi) is 14.6. The highest BCUT2D eigenvalue weighted by molar-refractivity contribution is 7.91. The van der Waals surface area contributed by atoms with Crippen LogP contribution in [0.4, 0.5) is 19.2 Å². The second kappa shape index (κ2) is 18.6. The van der Waals surface area contributed by atoms with E-state index in [1.807, 2.05) is 0 Å². The molecular weight excluding hydrogens is 901 g/mol. The smallest absolute Gasteiger partial charge is 0.330 e. The third kappa shape index (κ3) is 10.2. The number of carbonyl (C=O) groups is 4. The molecule has 0 bridgehead atoms. The molecule has 0 heterocycles. The predicted molar refractivity (Wildman–Crippen MR) is 230 cm³/mol. The first-order valence-corrected chi connectivity index (χ1v) is 24.5. The van der Waals surface area contributed by atoms with Gasteiger partial charge >= 0.3 is 24.1 Å². The van der Waals surface area contributed by atoms with Gasteiger partial charge in [-0.3, -0.25) is 0 Å². The Morgan fingerprint density at radius 2 is 0.698 bits per heavy atom. The summed E-state index contributed by atoms with van der Waals surface area (Å²) in [6.07, 6.45) is -5.13. The minimum atomic E-state index is -5.16. The lowest BCUT2D eigenvalue weighted by atomic mass is 10.0. The molecule has 0 atom stereocenters. The van der Waals surface area contributed by atoms with Crippen molar-refractivity contribution in [1.29, 1.82) is 0 Å². The van der Waals surface area contributed by atoms with Crippen LogP contribution in [0.5, 0.6) is 0 Å². The number of primary amides is 4. The van der Waals surface area contributed by atoms with Gasteiger partial charge < -0.3 is 22.9 Å². The van der Waals surface area contributed by atoms with Crippen molar-refractivity contribution in [3.05, 3.63) is 119 Å². The normalized spacial score (nSPS) is 12.3. The summed E-state index contributed by atoms with van der Waals surface area (Å²) >= 11 is 0. The summed E-state index contributed by atoms with van der Waals surface area (Å²) in [4.78, 5) is 51.2. The fourth-order valence-electron chi connectivity index (χ4n) is 6.76. The second-order valence-electron chi connectivity index (χ2n) is 14.7. The van der Waals surface area contributed by atoms with E-state index in [2.05, 4.69) is 0 Å². The van der Waals surface area contributed by atoms with Gasteiger partial charge in [0.1, 0.15) is 11.8 Å². The molecule has 24 heteroatoms. The van der Waals surface area contributed by atoms with Gasteiger partial charge in [0.15, 0.2) is 0 Å². The van der Waals surface area contributed by atoms with Crippen molar-refractivity contribution in [3.8, 4) is 0 Å². The minimum absolute atomic E-state index is 0.0340. The van der Waals surface area contributed by atoms with Crippen LogP contribution in [0.15, 0.2) is 117 Å². The van der Waals surface area contributed by atoms with E-state index in [0.717, 1.165) is 55.5 Å². The second-order valence-corrected chi connectivity index (χ2v) is 21.9. The predicted octanol–water partition coefficient (Wildman–Crippen LogP) is 3.90. The maximum atomic E-state index is 14.4. The number of amides is 8. The molecule has 4 aromatic rings. The lowest BCUT2D eigenvalue weighted by Gasteiger charge is -2.45. The highest BCUT2D eigenvalue weighted by atomic mass is 32.2. The van der Waals surface area contributed by atoms with E-state index in [9.17, 15) is 52.8 Å². The zero-order valence-corrected chi connectivity index (χ0v) is 38.0. The standard InChI is InChI=1S/C39H48N8O12S4/c1-26-9-17-30(18-10-26)60(52,53)44(35(40)48)34(45(36(41)49)61(54,55)31-19-11-27(2)12-20-31)8-6-7-25-39(5,46(37(42)50)62(56,57)32-21-13-28(3)14-22-32)47(38(43)51)63(58,59)33-23-15-29(4)16-24-33/h9-24,34H,6-8,25H2,1-5H3,(H2,40,48)(H2,41,49)(H2,42,50)(H2,43,51). The zero-order valence-electron chi connectivity index (χ0n) is 34.8. The summed E-state index contributed by atoms with van der Waals surface area (Å²) in [7, 11) is -20.6. The van der Waals surface area contributed by atoms with E-state index >= 15 is 0 Å². The Morgan fingerprint density at radius 1 is 0.444 bits per heavy atom. The van der Waals surface area contributed by atoms with Crippen LogP contribution in [-0.2, 0) is 40.1 Å². The summed E-state index contributed by atoms with van der Waals surface area (Å²) in [5.41, 5.74) is 22.3. The molecule has 0 saturated heterocycles. The van der Waals surface area contributed by atoms with Crippen molar-refractivity contribution in [2.24, 2.45) is 22.9 Å².